The number of phenolic OH excluding ortho intramolecular Hbond substituents is 1. The second-order valence-corrected chi connectivity index (χ2v) is 3.10. The first kappa shape index (κ1) is 10.6. The summed E-state index contributed by atoms with van der Waals surface area (Å²) in [7, 11) is 0. The zero-order chi connectivity index (χ0) is 10.7. The van der Waals surface area contributed by atoms with Crippen LogP contribution in [0.15, 0.2) is 18.2 Å². The number of nitrogens with one attached hydrogen (secondary N) is 1. The molecule has 0 unspecified atom stereocenters. The number of aromatic nitrogens is 1. The lowest BCUT2D eigenvalue weighted by Gasteiger charge is -1.92. The third-order valence-electron chi connectivity index (χ3n) is 2.29. The van der Waals surface area contributed by atoms with E-state index in [1.54, 1.807) is 12.1 Å². The fraction of sp³-hybridized carbons (Fsp3) is 0.333. The van der Waals surface area contributed by atoms with Gasteiger partial charge in [-0.3, -0.25) is 0 Å². The highest BCUT2D eigenvalue weighted by Gasteiger charge is 2.03. The summed E-state index contributed by atoms with van der Waals surface area (Å²) in [5.41, 5.74) is 3.46. The number of aryl methyl sites for hydroxylation is 2. The van der Waals surface area contributed by atoms with Gasteiger partial charge in [-0.25, -0.2) is 0 Å². The number of hydrogen-bond donors (Lipinski definition) is 2. The molecule has 0 radical (unpaired) electrons. The molecule has 0 aliphatic rings. The van der Waals surface area contributed by atoms with Crippen molar-refractivity contribution in [3.05, 3.63) is 29.5 Å². The summed E-state index contributed by atoms with van der Waals surface area (Å²) >= 11 is 0. The first-order valence-corrected chi connectivity index (χ1v) is 4.96. The van der Waals surface area contributed by atoms with Crippen LogP contribution in [0.2, 0.25) is 0 Å². The lowest BCUT2D eigenvalue weighted by molar-refractivity contribution is 0.476. The van der Waals surface area contributed by atoms with E-state index in [2.05, 4.69) is 4.98 Å². The lowest BCUT2D eigenvalue weighted by atomic mass is 10.1. The minimum atomic E-state index is 0.324. The monoisotopic (exact) mass is 191 g/mol. The molecule has 76 valence electrons. The molecular formula is C12H17NO. The maximum Gasteiger partial charge on any atom is 0.116 e. The van der Waals surface area contributed by atoms with Gasteiger partial charge in [0.15, 0.2) is 0 Å². The summed E-state index contributed by atoms with van der Waals surface area (Å²) in [5, 5.41) is 10.4. The molecule has 2 aromatic rings. The zero-order valence-corrected chi connectivity index (χ0v) is 9.18. The van der Waals surface area contributed by atoms with Crippen molar-refractivity contribution < 1.29 is 5.11 Å². The Bertz CT molecular complexity index is 429. The minimum absolute atomic E-state index is 0.324. The van der Waals surface area contributed by atoms with Crippen molar-refractivity contribution in [2.45, 2.75) is 27.7 Å². The van der Waals surface area contributed by atoms with Gasteiger partial charge in [-0.15, -0.1) is 0 Å². The van der Waals surface area contributed by atoms with Gasteiger partial charge in [-0.1, -0.05) is 13.8 Å². The highest BCUT2D eigenvalue weighted by Crippen LogP contribution is 2.24. The van der Waals surface area contributed by atoms with Gasteiger partial charge in [0.1, 0.15) is 5.75 Å². The minimum Gasteiger partial charge on any atom is -0.508 e. The molecule has 0 atom stereocenters. The molecule has 0 fully saturated rings. The number of hydrogen-bond acceptors (Lipinski definition) is 1. The molecule has 14 heavy (non-hydrogen) atoms. The second kappa shape index (κ2) is 4.18. The van der Waals surface area contributed by atoms with Gasteiger partial charge in [0.2, 0.25) is 0 Å². The van der Waals surface area contributed by atoms with Crippen molar-refractivity contribution in [1.29, 1.82) is 0 Å². The topological polar surface area (TPSA) is 36.0 Å². The van der Waals surface area contributed by atoms with E-state index >= 15 is 0 Å². The third kappa shape index (κ3) is 1.74. The number of aromatic amines is 1. The molecule has 2 heteroatoms. The molecule has 1 heterocycles. The molecule has 2 nitrogen and oxygen atoms in total. The highest BCUT2D eigenvalue weighted by molar-refractivity contribution is 5.85. The Morgan fingerprint density at radius 1 is 1.14 bits per heavy atom. The van der Waals surface area contributed by atoms with Gasteiger partial charge in [0.05, 0.1) is 0 Å². The molecule has 0 saturated heterocycles. The summed E-state index contributed by atoms with van der Waals surface area (Å²) in [6, 6.07) is 5.37. The number of phenols is 1. The van der Waals surface area contributed by atoms with E-state index in [-0.39, 0.29) is 0 Å². The fourth-order valence-electron chi connectivity index (χ4n) is 1.45. The Balaban J connectivity index is 0.000000461. The molecule has 0 aliphatic carbocycles. The van der Waals surface area contributed by atoms with Gasteiger partial charge in [-0.2, -0.15) is 0 Å². The first-order chi connectivity index (χ1) is 6.68. The maximum absolute atomic E-state index is 9.25. The van der Waals surface area contributed by atoms with Crippen LogP contribution in [0.5, 0.6) is 5.75 Å². The van der Waals surface area contributed by atoms with Gasteiger partial charge in [-0.05, 0) is 37.6 Å². The van der Waals surface area contributed by atoms with E-state index in [0.29, 0.717) is 5.75 Å². The van der Waals surface area contributed by atoms with Crippen LogP contribution >= 0.6 is 0 Å². The largest absolute Gasteiger partial charge is 0.508 e. The number of H-pyrrole nitrogens is 1. The van der Waals surface area contributed by atoms with Crippen LogP contribution in [-0.2, 0) is 0 Å². The SMILES string of the molecule is CC.Cc1[nH]c2ccc(O)cc2c1C. The Labute approximate surface area is 84.6 Å². The molecule has 2 N–H and O–H groups in total. The van der Waals surface area contributed by atoms with Crippen LogP contribution in [-0.4, -0.2) is 10.1 Å². The smallest absolute Gasteiger partial charge is 0.116 e. The van der Waals surface area contributed by atoms with E-state index < -0.39 is 0 Å². The number of fused-ring (bicyclic) bond motifs is 1. The molecule has 2 rings (SSSR count). The molecule has 1 aromatic heterocycles. The van der Waals surface area contributed by atoms with Crippen molar-refractivity contribution >= 4 is 10.9 Å². The average Bonchev–Trinajstić information content (AvgIpc) is 2.48. The van der Waals surface area contributed by atoms with E-state index in [9.17, 15) is 5.11 Å². The molecule has 1 aromatic carbocycles. The van der Waals surface area contributed by atoms with Crippen LogP contribution in [0.1, 0.15) is 25.1 Å². The molecule has 0 bridgehead atoms. The summed E-state index contributed by atoms with van der Waals surface area (Å²) in [4.78, 5) is 3.24. The molecule has 0 saturated carbocycles. The third-order valence-corrected chi connectivity index (χ3v) is 2.29. The Hall–Kier alpha value is -1.44. The summed E-state index contributed by atoms with van der Waals surface area (Å²) in [6.45, 7) is 8.08. The van der Waals surface area contributed by atoms with Gasteiger partial charge in [0, 0.05) is 16.6 Å². The molecule has 0 amide bonds. The molecular weight excluding hydrogens is 174 g/mol. The van der Waals surface area contributed by atoms with Crippen molar-refractivity contribution in [3.8, 4) is 5.75 Å². The zero-order valence-electron chi connectivity index (χ0n) is 9.18. The van der Waals surface area contributed by atoms with E-state index in [1.807, 2.05) is 33.8 Å². The summed E-state index contributed by atoms with van der Waals surface area (Å²) < 4.78 is 0. The quantitative estimate of drug-likeness (QED) is 0.656. The molecule has 0 aliphatic heterocycles. The van der Waals surface area contributed by atoms with E-state index in [4.69, 9.17) is 0 Å². The average molecular weight is 191 g/mol. The fourth-order valence-corrected chi connectivity index (χ4v) is 1.45. The van der Waals surface area contributed by atoms with Crippen LogP contribution in [0, 0.1) is 13.8 Å². The van der Waals surface area contributed by atoms with Crippen molar-refractivity contribution in [1.82, 2.24) is 4.98 Å². The standard InChI is InChI=1S/C10H11NO.C2H6/c1-6-7(2)11-10-4-3-8(12)5-9(6)10;1-2/h3-5,11-12H,1-2H3;1-2H3. The van der Waals surface area contributed by atoms with Crippen molar-refractivity contribution in [3.63, 3.8) is 0 Å². The number of benzene rings is 1. The Kier molecular flexibility index (Phi) is 3.18. The van der Waals surface area contributed by atoms with Crippen LogP contribution in [0.25, 0.3) is 10.9 Å². The first-order valence-electron chi connectivity index (χ1n) is 4.96. The Morgan fingerprint density at radius 3 is 2.43 bits per heavy atom. The van der Waals surface area contributed by atoms with Gasteiger partial charge < -0.3 is 10.1 Å². The summed E-state index contributed by atoms with van der Waals surface area (Å²) in [6.07, 6.45) is 0. The van der Waals surface area contributed by atoms with Gasteiger partial charge in [0.25, 0.3) is 0 Å². The van der Waals surface area contributed by atoms with Crippen LogP contribution in [0.3, 0.4) is 0 Å². The predicted molar refractivity (Wildman–Crippen MR) is 60.8 cm³/mol. The highest BCUT2D eigenvalue weighted by atomic mass is 16.3. The normalized spacial score (nSPS) is 9.71. The summed E-state index contributed by atoms with van der Waals surface area (Å²) in [5.74, 6) is 0.324. The van der Waals surface area contributed by atoms with E-state index in [1.165, 1.54) is 5.56 Å². The van der Waals surface area contributed by atoms with Crippen molar-refractivity contribution in [2.24, 2.45) is 0 Å². The predicted octanol–water partition coefficient (Wildman–Crippen LogP) is 3.52. The van der Waals surface area contributed by atoms with E-state index in [0.717, 1.165) is 16.6 Å². The second-order valence-electron chi connectivity index (χ2n) is 3.10. The maximum atomic E-state index is 9.25. The van der Waals surface area contributed by atoms with Gasteiger partial charge >= 0.3 is 0 Å². The molecule has 0 spiro atoms. The van der Waals surface area contributed by atoms with Crippen LogP contribution in [0.4, 0.5) is 0 Å². The Morgan fingerprint density at radius 2 is 1.79 bits per heavy atom. The lowest BCUT2D eigenvalue weighted by Crippen LogP contribution is -1.71. The number of rotatable bonds is 0. The van der Waals surface area contributed by atoms with Crippen LogP contribution < -0.4 is 0 Å². The number of aromatic hydroxyl groups is 1. The van der Waals surface area contributed by atoms with Crippen molar-refractivity contribution in [2.75, 3.05) is 0 Å².